The Bertz CT molecular complexity index is 947. The Morgan fingerprint density at radius 2 is 1.31 bits per heavy atom. The van der Waals surface area contributed by atoms with Crippen molar-refractivity contribution in [1.29, 1.82) is 0 Å². The van der Waals surface area contributed by atoms with Crippen LogP contribution in [0.15, 0.2) is 30.3 Å². The first-order valence-electron chi connectivity index (χ1n) is 12.8. The zero-order valence-corrected chi connectivity index (χ0v) is 22.5. The van der Waals surface area contributed by atoms with Crippen LogP contribution in [0, 0.1) is 11.3 Å². The van der Waals surface area contributed by atoms with E-state index in [2.05, 4.69) is 106 Å². The number of fused-ring (bicyclic) bond motifs is 1. The third-order valence-corrected chi connectivity index (χ3v) is 7.93. The monoisotopic (exact) mass is 434 g/mol. The predicted octanol–water partition coefficient (Wildman–Crippen LogP) is 9.52. The molecule has 0 N–H and O–H groups in total. The molecule has 1 nitrogen and oxygen atoms in total. The quantitative estimate of drug-likeness (QED) is 0.440. The topological polar surface area (TPSA) is 9.23 Å². The Hall–Kier alpha value is -1.76. The van der Waals surface area contributed by atoms with Gasteiger partial charge in [0.1, 0.15) is 11.9 Å². The molecule has 0 spiro atoms. The summed E-state index contributed by atoms with van der Waals surface area (Å²) >= 11 is 0. The summed E-state index contributed by atoms with van der Waals surface area (Å²) in [5.41, 5.74) is 8.60. The Labute approximate surface area is 198 Å². The van der Waals surface area contributed by atoms with Crippen LogP contribution in [0.1, 0.15) is 139 Å². The van der Waals surface area contributed by atoms with Crippen molar-refractivity contribution in [2.45, 2.75) is 112 Å². The van der Waals surface area contributed by atoms with E-state index in [4.69, 9.17) is 4.74 Å². The molecule has 1 unspecified atom stereocenters. The van der Waals surface area contributed by atoms with Gasteiger partial charge in [-0.3, -0.25) is 0 Å². The van der Waals surface area contributed by atoms with Gasteiger partial charge in [-0.25, -0.2) is 0 Å². The molecule has 0 amide bonds. The molecule has 0 aliphatic carbocycles. The van der Waals surface area contributed by atoms with E-state index in [1.807, 2.05) is 0 Å². The maximum atomic E-state index is 7.01. The van der Waals surface area contributed by atoms with Gasteiger partial charge in [-0.2, -0.15) is 0 Å². The van der Waals surface area contributed by atoms with E-state index < -0.39 is 0 Å². The predicted molar refractivity (Wildman–Crippen MR) is 139 cm³/mol. The highest BCUT2D eigenvalue weighted by atomic mass is 16.5. The Morgan fingerprint density at radius 1 is 0.719 bits per heavy atom. The fraction of sp³-hybridized carbons (Fsp3) is 0.613. The van der Waals surface area contributed by atoms with Crippen LogP contribution in [-0.4, -0.2) is 0 Å². The van der Waals surface area contributed by atoms with Crippen LogP contribution < -0.4 is 4.74 Å². The molecular formula is C31H46O. The Balaban J connectivity index is 2.19. The Morgan fingerprint density at radius 3 is 1.81 bits per heavy atom. The lowest BCUT2D eigenvalue weighted by Crippen LogP contribution is -2.40. The average molecular weight is 435 g/mol. The maximum absolute atomic E-state index is 7.01. The van der Waals surface area contributed by atoms with Crippen LogP contribution in [0.4, 0.5) is 0 Å². The standard InChI is InChI=1S/C31H46O/c1-18(2)24-15-27(21(7)8)28-17-31(11,22(9)10)30(32-29(28)16-24)23-12-13-25(19(3)4)26(14-23)20(5)6/h12-16,18-22,30H,17H2,1-11H3/t30-,31?/m1/s1. The second kappa shape index (κ2) is 9.24. The zero-order valence-electron chi connectivity index (χ0n) is 22.5. The lowest BCUT2D eigenvalue weighted by molar-refractivity contribution is 0.00249. The minimum absolute atomic E-state index is 0.0452. The number of hydrogen-bond acceptors (Lipinski definition) is 1. The average Bonchev–Trinajstić information content (AvgIpc) is 2.71. The molecule has 2 atom stereocenters. The molecule has 1 heterocycles. The van der Waals surface area contributed by atoms with E-state index in [9.17, 15) is 0 Å². The van der Waals surface area contributed by atoms with Gasteiger partial charge in [0.05, 0.1) is 0 Å². The molecule has 32 heavy (non-hydrogen) atoms. The van der Waals surface area contributed by atoms with Crippen molar-refractivity contribution in [3.8, 4) is 5.75 Å². The minimum atomic E-state index is 0.0452. The summed E-state index contributed by atoms with van der Waals surface area (Å²) in [6, 6.07) is 11.9. The van der Waals surface area contributed by atoms with Crippen LogP contribution in [0.2, 0.25) is 0 Å². The smallest absolute Gasteiger partial charge is 0.130 e. The van der Waals surface area contributed by atoms with E-state index in [0.29, 0.717) is 29.6 Å². The molecule has 3 rings (SSSR count). The highest BCUT2D eigenvalue weighted by Crippen LogP contribution is 2.53. The van der Waals surface area contributed by atoms with Crippen LogP contribution >= 0.6 is 0 Å². The molecule has 1 aliphatic heterocycles. The van der Waals surface area contributed by atoms with Gasteiger partial charge >= 0.3 is 0 Å². The molecule has 0 saturated carbocycles. The molecule has 0 bridgehead atoms. The summed E-state index contributed by atoms with van der Waals surface area (Å²) in [6.45, 7) is 25.6. The lowest BCUT2D eigenvalue weighted by atomic mass is 9.65. The van der Waals surface area contributed by atoms with E-state index in [0.717, 1.165) is 12.2 Å². The maximum Gasteiger partial charge on any atom is 0.130 e. The number of hydrogen-bond donors (Lipinski definition) is 0. The van der Waals surface area contributed by atoms with Crippen molar-refractivity contribution < 1.29 is 4.74 Å². The van der Waals surface area contributed by atoms with Crippen molar-refractivity contribution in [1.82, 2.24) is 0 Å². The van der Waals surface area contributed by atoms with E-state index in [1.54, 1.807) is 0 Å². The summed E-state index contributed by atoms with van der Waals surface area (Å²) in [5.74, 6) is 3.66. The van der Waals surface area contributed by atoms with E-state index in [-0.39, 0.29) is 11.5 Å². The molecule has 176 valence electrons. The van der Waals surface area contributed by atoms with Gasteiger partial charge in [0, 0.05) is 5.41 Å². The summed E-state index contributed by atoms with van der Waals surface area (Å²) in [6.07, 6.45) is 1.13. The molecule has 2 aromatic rings. The van der Waals surface area contributed by atoms with Gasteiger partial charge in [0.2, 0.25) is 0 Å². The van der Waals surface area contributed by atoms with Crippen molar-refractivity contribution in [2.75, 3.05) is 0 Å². The second-order valence-electron chi connectivity index (χ2n) is 11.9. The van der Waals surface area contributed by atoms with Crippen molar-refractivity contribution in [3.05, 3.63) is 63.7 Å². The molecule has 1 heteroatoms. The molecular weight excluding hydrogens is 388 g/mol. The number of ether oxygens (including phenoxy) is 1. The summed E-state index contributed by atoms with van der Waals surface area (Å²) in [5, 5.41) is 0. The van der Waals surface area contributed by atoms with E-state index >= 15 is 0 Å². The number of benzene rings is 2. The van der Waals surface area contributed by atoms with Crippen molar-refractivity contribution >= 4 is 0 Å². The summed E-state index contributed by atoms with van der Waals surface area (Å²) in [7, 11) is 0. The van der Waals surface area contributed by atoms with Gasteiger partial charge in [0.25, 0.3) is 0 Å². The molecule has 0 saturated heterocycles. The molecule has 1 aliphatic rings. The van der Waals surface area contributed by atoms with Crippen LogP contribution in [0.5, 0.6) is 5.75 Å². The lowest BCUT2D eigenvalue weighted by Gasteiger charge is -2.46. The van der Waals surface area contributed by atoms with Gasteiger partial charge in [0.15, 0.2) is 0 Å². The molecule has 0 aromatic heterocycles. The van der Waals surface area contributed by atoms with E-state index in [1.165, 1.54) is 33.4 Å². The first-order chi connectivity index (χ1) is 14.9. The Kier molecular flexibility index (Phi) is 7.18. The first kappa shape index (κ1) is 24.9. The zero-order chi connectivity index (χ0) is 24.0. The fourth-order valence-corrected chi connectivity index (χ4v) is 5.30. The van der Waals surface area contributed by atoms with Gasteiger partial charge in [-0.1, -0.05) is 100 Å². The van der Waals surface area contributed by atoms with Crippen LogP contribution in [-0.2, 0) is 6.42 Å². The first-order valence-corrected chi connectivity index (χ1v) is 12.8. The van der Waals surface area contributed by atoms with Gasteiger partial charge < -0.3 is 4.74 Å². The van der Waals surface area contributed by atoms with Gasteiger partial charge in [-0.15, -0.1) is 0 Å². The third kappa shape index (κ3) is 4.50. The van der Waals surface area contributed by atoms with Crippen molar-refractivity contribution in [2.24, 2.45) is 11.3 Å². The molecule has 0 fully saturated rings. The molecule has 2 aromatic carbocycles. The highest BCUT2D eigenvalue weighted by Gasteiger charge is 2.45. The molecule has 0 radical (unpaired) electrons. The summed E-state index contributed by atoms with van der Waals surface area (Å²) in [4.78, 5) is 0. The SMILES string of the molecule is CC(C)c1cc2c(c(C(C)C)c1)CC(C)(C(C)C)[C@@H](c1ccc(C(C)C)c(C(C)C)c1)O2. The van der Waals surface area contributed by atoms with Crippen LogP contribution in [0.3, 0.4) is 0 Å². The number of rotatable bonds is 6. The fourth-order valence-electron chi connectivity index (χ4n) is 5.30. The largest absolute Gasteiger partial charge is 0.485 e. The second-order valence-corrected chi connectivity index (χ2v) is 11.9. The minimum Gasteiger partial charge on any atom is -0.485 e. The summed E-state index contributed by atoms with van der Waals surface area (Å²) < 4.78 is 7.01. The van der Waals surface area contributed by atoms with Crippen LogP contribution in [0.25, 0.3) is 0 Å². The van der Waals surface area contributed by atoms with Gasteiger partial charge in [-0.05, 0) is 75.5 Å². The third-order valence-electron chi connectivity index (χ3n) is 7.93. The van der Waals surface area contributed by atoms with Crippen molar-refractivity contribution in [3.63, 3.8) is 0 Å². The highest BCUT2D eigenvalue weighted by molar-refractivity contribution is 5.49. The normalized spacial score (nSPS) is 21.1.